The molecule has 0 heterocycles. The molecule has 0 aliphatic carbocycles. The molecule has 1 aromatic rings. The second-order valence-electron chi connectivity index (χ2n) is 2.90. The third-order valence-electron chi connectivity index (χ3n) is 1.76. The summed E-state index contributed by atoms with van der Waals surface area (Å²) < 4.78 is 6.65. The Bertz CT molecular complexity index is 233. The fourth-order valence-corrected chi connectivity index (χ4v) is 2.42. The Kier molecular flexibility index (Phi) is 2.99. The van der Waals surface area contributed by atoms with Gasteiger partial charge in [0.2, 0.25) is 0 Å². The molecule has 0 aromatic heterocycles. The molecule has 58 valence electrons. The molecular formula is C9H13AlO. The zero-order chi connectivity index (χ0) is 8.27. The van der Waals surface area contributed by atoms with Gasteiger partial charge in [-0.05, 0) is 6.07 Å². The molecule has 1 nitrogen and oxygen atoms in total. The minimum absolute atomic E-state index is 0.711. The molecule has 0 aliphatic rings. The van der Waals surface area contributed by atoms with Crippen LogP contribution in [-0.4, -0.2) is 21.3 Å². The standard InChI is InChI=1S/C7H7O.2CH3.Al/c1-8-7-5-3-2-4-6-7;;;/h2-5H,1H3;2*1H3;. The van der Waals surface area contributed by atoms with E-state index in [9.17, 15) is 0 Å². The van der Waals surface area contributed by atoms with Gasteiger partial charge >= 0.3 is 14.1 Å². The Hall–Kier alpha value is -0.448. The van der Waals surface area contributed by atoms with Gasteiger partial charge in [-0.1, -0.05) is 22.6 Å². The lowest BCUT2D eigenvalue weighted by molar-refractivity contribution is 0.418. The van der Waals surface area contributed by atoms with E-state index in [2.05, 4.69) is 23.7 Å². The summed E-state index contributed by atoms with van der Waals surface area (Å²) in [4.78, 5) is 0. The topological polar surface area (TPSA) is 9.23 Å². The molecule has 0 radical (unpaired) electrons. The first-order valence-corrected chi connectivity index (χ1v) is 6.77. The minimum atomic E-state index is -0.711. The molecule has 0 N–H and O–H groups in total. The van der Waals surface area contributed by atoms with Crippen LogP contribution in [0.1, 0.15) is 0 Å². The normalized spacial score (nSPS) is 9.36. The molecule has 0 saturated heterocycles. The fraction of sp³-hybridized carbons (Fsp3) is 0.333. The van der Waals surface area contributed by atoms with Crippen molar-refractivity contribution in [3.8, 4) is 5.75 Å². The molecule has 0 fully saturated rings. The quantitative estimate of drug-likeness (QED) is 0.604. The maximum absolute atomic E-state index is 5.24. The van der Waals surface area contributed by atoms with Crippen LogP contribution in [0, 0.1) is 0 Å². The van der Waals surface area contributed by atoms with Crippen molar-refractivity contribution in [3.63, 3.8) is 0 Å². The number of methoxy groups -OCH3 is 1. The smallest absolute Gasteiger partial charge is 0.305 e. The van der Waals surface area contributed by atoms with E-state index in [1.165, 1.54) is 4.43 Å². The third kappa shape index (κ3) is 1.99. The average molecular weight is 164 g/mol. The van der Waals surface area contributed by atoms with Gasteiger partial charge in [-0.15, -0.1) is 11.6 Å². The van der Waals surface area contributed by atoms with Crippen LogP contribution in [0.2, 0.25) is 11.6 Å². The highest BCUT2D eigenvalue weighted by Gasteiger charge is 2.09. The van der Waals surface area contributed by atoms with Gasteiger partial charge in [0.15, 0.2) is 0 Å². The lowest BCUT2D eigenvalue weighted by Gasteiger charge is -2.07. The highest BCUT2D eigenvalue weighted by molar-refractivity contribution is 6.71. The molecule has 2 heteroatoms. The van der Waals surface area contributed by atoms with Crippen molar-refractivity contribution in [2.24, 2.45) is 0 Å². The van der Waals surface area contributed by atoms with Gasteiger partial charge in [0.1, 0.15) is 5.75 Å². The van der Waals surface area contributed by atoms with Crippen LogP contribution in [0.3, 0.4) is 0 Å². The van der Waals surface area contributed by atoms with Gasteiger partial charge < -0.3 is 4.74 Å². The molecule has 0 saturated carbocycles. The molecule has 1 rings (SSSR count). The van der Waals surface area contributed by atoms with Crippen molar-refractivity contribution in [2.75, 3.05) is 7.11 Å². The molecule has 0 unspecified atom stereocenters. The number of hydrogen-bond donors (Lipinski definition) is 0. The summed E-state index contributed by atoms with van der Waals surface area (Å²) in [5.74, 6) is 5.66. The molecule has 11 heavy (non-hydrogen) atoms. The zero-order valence-electron chi connectivity index (χ0n) is 7.29. The van der Waals surface area contributed by atoms with Crippen LogP contribution in [0.5, 0.6) is 5.75 Å². The Morgan fingerprint density at radius 3 is 2.27 bits per heavy atom. The monoisotopic (exact) mass is 164 g/mol. The molecular weight excluding hydrogens is 151 g/mol. The first-order valence-electron chi connectivity index (χ1n) is 3.88. The maximum atomic E-state index is 5.24. The average Bonchev–Trinajstić information content (AvgIpc) is 2.04. The van der Waals surface area contributed by atoms with Gasteiger partial charge in [-0.2, -0.15) is 0 Å². The Balaban J connectivity index is 3.02. The predicted octanol–water partition coefficient (Wildman–Crippen LogP) is 1.66. The van der Waals surface area contributed by atoms with Gasteiger partial charge in [-0.3, -0.25) is 0 Å². The summed E-state index contributed by atoms with van der Waals surface area (Å²) in [6.07, 6.45) is 0. The number of hydrogen-bond acceptors (Lipinski definition) is 1. The van der Waals surface area contributed by atoms with Gasteiger partial charge in [0.05, 0.1) is 7.11 Å². The summed E-state index contributed by atoms with van der Waals surface area (Å²) >= 11 is -0.711. The summed E-state index contributed by atoms with van der Waals surface area (Å²) in [5, 5.41) is 0. The van der Waals surface area contributed by atoms with Crippen molar-refractivity contribution in [1.82, 2.24) is 0 Å². The molecule has 0 aliphatic heterocycles. The Morgan fingerprint density at radius 1 is 1.18 bits per heavy atom. The van der Waals surface area contributed by atoms with E-state index in [0.29, 0.717) is 0 Å². The van der Waals surface area contributed by atoms with Crippen LogP contribution >= 0.6 is 0 Å². The number of ether oxygens (including phenoxy) is 1. The first-order chi connectivity index (χ1) is 5.25. The molecule has 0 atom stereocenters. The summed E-state index contributed by atoms with van der Waals surface area (Å²) in [6.45, 7) is 0. The van der Waals surface area contributed by atoms with Crippen LogP contribution in [-0.2, 0) is 0 Å². The van der Waals surface area contributed by atoms with Crippen molar-refractivity contribution >= 4 is 18.6 Å². The van der Waals surface area contributed by atoms with Crippen molar-refractivity contribution in [3.05, 3.63) is 24.3 Å². The maximum Gasteiger partial charge on any atom is 0.305 e. The largest absolute Gasteiger partial charge is 0.498 e. The van der Waals surface area contributed by atoms with Crippen molar-refractivity contribution in [1.29, 1.82) is 0 Å². The zero-order valence-corrected chi connectivity index (χ0v) is 8.45. The van der Waals surface area contributed by atoms with E-state index >= 15 is 0 Å². The van der Waals surface area contributed by atoms with Gasteiger partial charge in [0, 0.05) is 0 Å². The molecule has 0 spiro atoms. The lowest BCUT2D eigenvalue weighted by atomic mass is 10.3. The number of para-hydroxylation sites is 1. The highest BCUT2D eigenvalue weighted by atomic mass is 27.2. The summed E-state index contributed by atoms with van der Waals surface area (Å²) in [5.41, 5.74) is 0. The van der Waals surface area contributed by atoms with Crippen molar-refractivity contribution < 1.29 is 4.74 Å². The second-order valence-corrected chi connectivity index (χ2v) is 5.83. The lowest BCUT2D eigenvalue weighted by Crippen LogP contribution is -2.23. The van der Waals surface area contributed by atoms with E-state index in [0.717, 1.165) is 5.75 Å². The van der Waals surface area contributed by atoms with Gasteiger partial charge in [0.25, 0.3) is 0 Å². The van der Waals surface area contributed by atoms with E-state index in [1.54, 1.807) is 7.11 Å². The van der Waals surface area contributed by atoms with Crippen LogP contribution < -0.4 is 9.16 Å². The van der Waals surface area contributed by atoms with Crippen LogP contribution in [0.15, 0.2) is 24.3 Å². The Labute approximate surface area is 72.4 Å². The molecule has 0 bridgehead atoms. The second kappa shape index (κ2) is 3.80. The Morgan fingerprint density at radius 2 is 1.82 bits per heavy atom. The van der Waals surface area contributed by atoms with E-state index in [1.807, 2.05) is 12.1 Å². The number of rotatable bonds is 2. The number of benzene rings is 1. The molecule has 0 amide bonds. The van der Waals surface area contributed by atoms with Crippen molar-refractivity contribution in [2.45, 2.75) is 11.6 Å². The van der Waals surface area contributed by atoms with Gasteiger partial charge in [-0.25, -0.2) is 0 Å². The minimum Gasteiger partial charge on any atom is -0.498 e. The highest BCUT2D eigenvalue weighted by Crippen LogP contribution is 2.06. The SMILES string of the molecule is COc1cccc[c]1[Al]([CH3])[CH3]. The van der Waals surface area contributed by atoms with E-state index < -0.39 is 14.1 Å². The predicted molar refractivity (Wildman–Crippen MR) is 50.1 cm³/mol. The first kappa shape index (κ1) is 8.65. The summed E-state index contributed by atoms with van der Waals surface area (Å²) in [6, 6.07) is 8.28. The summed E-state index contributed by atoms with van der Waals surface area (Å²) in [7, 11) is 1.73. The van der Waals surface area contributed by atoms with E-state index in [4.69, 9.17) is 4.74 Å². The van der Waals surface area contributed by atoms with Crippen LogP contribution in [0.4, 0.5) is 0 Å². The third-order valence-corrected chi connectivity index (χ3v) is 3.48. The molecule has 1 aromatic carbocycles. The van der Waals surface area contributed by atoms with E-state index in [-0.39, 0.29) is 0 Å². The van der Waals surface area contributed by atoms with Crippen LogP contribution in [0.25, 0.3) is 0 Å². The fourth-order valence-electron chi connectivity index (χ4n) is 1.14.